The lowest BCUT2D eigenvalue weighted by Crippen LogP contribution is -2.53. The van der Waals surface area contributed by atoms with E-state index < -0.39 is 10.0 Å². The average Bonchev–Trinajstić information content (AvgIpc) is 2.82. The lowest BCUT2D eigenvalue weighted by Gasteiger charge is -2.34. The molecule has 2 aromatic rings. The van der Waals surface area contributed by atoms with Gasteiger partial charge in [0.2, 0.25) is 10.0 Å². The van der Waals surface area contributed by atoms with E-state index in [0.29, 0.717) is 31.1 Å². The molecule has 0 aliphatic carbocycles. The molecule has 0 radical (unpaired) electrons. The van der Waals surface area contributed by atoms with Crippen LogP contribution in [-0.4, -0.2) is 70.6 Å². The smallest absolute Gasteiger partial charge is 0.317 e. The summed E-state index contributed by atoms with van der Waals surface area (Å²) < 4.78 is 37.8. The van der Waals surface area contributed by atoms with E-state index in [1.807, 2.05) is 18.2 Å². The topological polar surface area (TPSA) is 88.2 Å². The van der Waals surface area contributed by atoms with E-state index in [9.17, 15) is 13.2 Å². The zero-order chi connectivity index (χ0) is 22.3. The fourth-order valence-electron chi connectivity index (χ4n) is 3.50. The van der Waals surface area contributed by atoms with Crippen LogP contribution in [0.1, 0.15) is 12.0 Å². The van der Waals surface area contributed by atoms with Crippen LogP contribution in [0.3, 0.4) is 0 Å². The molecular formula is C22H29N3O5S. The number of urea groups is 1. The van der Waals surface area contributed by atoms with Gasteiger partial charge in [0, 0.05) is 38.8 Å². The van der Waals surface area contributed by atoms with E-state index >= 15 is 0 Å². The van der Waals surface area contributed by atoms with Crippen molar-refractivity contribution in [2.45, 2.75) is 17.7 Å². The van der Waals surface area contributed by atoms with Crippen molar-refractivity contribution in [2.24, 2.45) is 0 Å². The molecule has 1 saturated heterocycles. The van der Waals surface area contributed by atoms with Gasteiger partial charge < -0.3 is 19.7 Å². The highest BCUT2D eigenvalue weighted by Crippen LogP contribution is 2.30. The zero-order valence-corrected chi connectivity index (χ0v) is 18.7. The number of benzene rings is 2. The van der Waals surface area contributed by atoms with Gasteiger partial charge in [-0.1, -0.05) is 30.3 Å². The number of methoxy groups -OCH3 is 2. The maximum atomic E-state index is 13.0. The number of rotatable bonds is 8. The first-order valence-electron chi connectivity index (χ1n) is 10.2. The molecule has 9 heteroatoms. The van der Waals surface area contributed by atoms with Crippen molar-refractivity contribution >= 4 is 16.1 Å². The van der Waals surface area contributed by atoms with Crippen molar-refractivity contribution in [3.63, 3.8) is 0 Å². The fraction of sp³-hybridized carbons (Fsp3) is 0.409. The Morgan fingerprint density at radius 2 is 1.65 bits per heavy atom. The Bertz CT molecular complexity index is 974. The molecule has 0 bridgehead atoms. The predicted octanol–water partition coefficient (Wildman–Crippen LogP) is 2.35. The lowest BCUT2D eigenvalue weighted by atomic mass is 10.1. The van der Waals surface area contributed by atoms with Crippen LogP contribution in [0.5, 0.6) is 11.5 Å². The predicted molar refractivity (Wildman–Crippen MR) is 118 cm³/mol. The highest BCUT2D eigenvalue weighted by atomic mass is 32.2. The summed E-state index contributed by atoms with van der Waals surface area (Å²) in [7, 11) is -0.719. The minimum absolute atomic E-state index is 0.143. The average molecular weight is 448 g/mol. The molecule has 0 aromatic heterocycles. The first-order chi connectivity index (χ1) is 15.0. The second kappa shape index (κ2) is 10.5. The molecule has 0 spiro atoms. The Balaban J connectivity index is 1.49. The number of hydrogen-bond acceptors (Lipinski definition) is 5. The highest BCUT2D eigenvalue weighted by molar-refractivity contribution is 7.89. The maximum absolute atomic E-state index is 13.0. The molecule has 2 aromatic carbocycles. The summed E-state index contributed by atoms with van der Waals surface area (Å²) in [6.45, 7) is 1.76. The number of amides is 2. The minimum Gasteiger partial charge on any atom is -0.493 e. The first kappa shape index (κ1) is 22.9. The van der Waals surface area contributed by atoms with E-state index in [-0.39, 0.29) is 24.0 Å². The molecule has 31 heavy (non-hydrogen) atoms. The van der Waals surface area contributed by atoms with Crippen molar-refractivity contribution in [3.8, 4) is 11.5 Å². The fourth-order valence-corrected chi connectivity index (χ4v) is 4.94. The Morgan fingerprint density at radius 3 is 2.29 bits per heavy atom. The Hall–Kier alpha value is -2.78. The third-order valence-electron chi connectivity index (χ3n) is 5.28. The van der Waals surface area contributed by atoms with Crippen molar-refractivity contribution in [2.75, 3.05) is 46.9 Å². The molecule has 2 amide bonds. The number of ether oxygens (including phenoxy) is 2. The van der Waals surface area contributed by atoms with Crippen molar-refractivity contribution in [1.82, 2.24) is 14.5 Å². The van der Waals surface area contributed by atoms with Crippen molar-refractivity contribution in [3.05, 3.63) is 54.1 Å². The second-order valence-electron chi connectivity index (χ2n) is 7.23. The van der Waals surface area contributed by atoms with Crippen LogP contribution in [0.2, 0.25) is 0 Å². The van der Waals surface area contributed by atoms with Crippen LogP contribution < -0.4 is 14.8 Å². The number of aryl methyl sites for hydroxylation is 1. The molecule has 1 aliphatic rings. The van der Waals surface area contributed by atoms with Crippen LogP contribution in [0.4, 0.5) is 4.79 Å². The number of sulfonamides is 1. The number of carbonyl (C=O) groups is 1. The van der Waals surface area contributed by atoms with Gasteiger partial charge in [-0.3, -0.25) is 0 Å². The summed E-state index contributed by atoms with van der Waals surface area (Å²) in [5.41, 5.74) is 1.24. The molecule has 1 aliphatic heterocycles. The molecule has 168 valence electrons. The second-order valence-corrected chi connectivity index (χ2v) is 9.17. The van der Waals surface area contributed by atoms with E-state index in [2.05, 4.69) is 17.4 Å². The molecule has 1 N–H and O–H groups in total. The zero-order valence-electron chi connectivity index (χ0n) is 17.9. The molecule has 1 fully saturated rings. The first-order valence-corrected chi connectivity index (χ1v) is 11.7. The van der Waals surface area contributed by atoms with Crippen LogP contribution in [0, 0.1) is 0 Å². The SMILES string of the molecule is COc1ccc(S(=O)(=O)N2CCN(C(=O)NCCCc3ccccc3)CC2)cc1OC. The van der Waals surface area contributed by atoms with E-state index in [0.717, 1.165) is 12.8 Å². The third kappa shape index (κ3) is 5.68. The van der Waals surface area contributed by atoms with Gasteiger partial charge in [0.1, 0.15) is 0 Å². The standard InChI is InChI=1S/C22H29N3O5S/c1-29-20-11-10-19(17-21(20)30-2)31(27,28)25-15-13-24(14-16-25)22(26)23-12-6-9-18-7-4-3-5-8-18/h3-5,7-8,10-11,17H,6,9,12-16H2,1-2H3,(H,23,26). The van der Waals surface area contributed by atoms with Gasteiger partial charge in [-0.25, -0.2) is 13.2 Å². The van der Waals surface area contributed by atoms with Gasteiger partial charge >= 0.3 is 6.03 Å². The Kier molecular flexibility index (Phi) is 7.75. The van der Waals surface area contributed by atoms with Crippen LogP contribution >= 0.6 is 0 Å². The van der Waals surface area contributed by atoms with Crippen LogP contribution in [0.15, 0.2) is 53.4 Å². The van der Waals surface area contributed by atoms with E-state index in [4.69, 9.17) is 9.47 Å². The van der Waals surface area contributed by atoms with Crippen molar-refractivity contribution in [1.29, 1.82) is 0 Å². The highest BCUT2D eigenvalue weighted by Gasteiger charge is 2.30. The maximum Gasteiger partial charge on any atom is 0.317 e. The molecular weight excluding hydrogens is 418 g/mol. The van der Waals surface area contributed by atoms with E-state index in [1.54, 1.807) is 11.0 Å². The Labute approximate surface area is 183 Å². The Morgan fingerprint density at radius 1 is 0.968 bits per heavy atom. The molecule has 0 atom stereocenters. The normalized spacial score (nSPS) is 14.8. The number of nitrogens with zero attached hydrogens (tertiary/aromatic N) is 2. The third-order valence-corrected chi connectivity index (χ3v) is 7.17. The molecule has 3 rings (SSSR count). The molecule has 0 unspecified atom stereocenters. The van der Waals surface area contributed by atoms with Crippen LogP contribution in [-0.2, 0) is 16.4 Å². The van der Waals surface area contributed by atoms with Gasteiger partial charge in [0.25, 0.3) is 0 Å². The van der Waals surface area contributed by atoms with Gasteiger partial charge in [-0.2, -0.15) is 4.31 Å². The quantitative estimate of drug-likeness (QED) is 0.628. The summed E-state index contributed by atoms with van der Waals surface area (Å²) in [5, 5.41) is 2.92. The van der Waals surface area contributed by atoms with Gasteiger partial charge in [0.15, 0.2) is 11.5 Å². The number of nitrogens with one attached hydrogen (secondary N) is 1. The summed E-state index contributed by atoms with van der Waals surface area (Å²) in [5.74, 6) is 0.826. The summed E-state index contributed by atoms with van der Waals surface area (Å²) in [6.07, 6.45) is 1.75. The minimum atomic E-state index is -3.68. The molecule has 0 saturated carbocycles. The van der Waals surface area contributed by atoms with Gasteiger partial charge in [0.05, 0.1) is 19.1 Å². The van der Waals surface area contributed by atoms with Crippen LogP contribution in [0.25, 0.3) is 0 Å². The summed E-state index contributed by atoms with van der Waals surface area (Å²) >= 11 is 0. The number of piperazine rings is 1. The van der Waals surface area contributed by atoms with Gasteiger partial charge in [-0.05, 0) is 30.5 Å². The number of hydrogen-bond donors (Lipinski definition) is 1. The van der Waals surface area contributed by atoms with Gasteiger partial charge in [-0.15, -0.1) is 0 Å². The van der Waals surface area contributed by atoms with E-state index in [1.165, 1.54) is 36.2 Å². The largest absolute Gasteiger partial charge is 0.493 e. The lowest BCUT2D eigenvalue weighted by molar-refractivity contribution is 0.172. The summed E-state index contributed by atoms with van der Waals surface area (Å²) in [6, 6.07) is 14.5. The van der Waals surface area contributed by atoms with Crippen molar-refractivity contribution < 1.29 is 22.7 Å². The monoisotopic (exact) mass is 447 g/mol. The summed E-state index contributed by atoms with van der Waals surface area (Å²) in [4.78, 5) is 14.2. The number of carbonyl (C=O) groups excluding carboxylic acids is 1. The molecule has 8 nitrogen and oxygen atoms in total. The molecule has 1 heterocycles.